The smallest absolute Gasteiger partial charge is 0.337 e. The Hall–Kier alpha value is -2.45. The van der Waals surface area contributed by atoms with Crippen LogP contribution in [0.1, 0.15) is 35.3 Å². The fraction of sp³-hybridized carbons (Fsp3) is 0.263. The summed E-state index contributed by atoms with van der Waals surface area (Å²) in [5.74, 6) is -0.421. The van der Waals surface area contributed by atoms with Gasteiger partial charge in [0.2, 0.25) is 0 Å². The number of rotatable bonds is 6. The zero-order valence-electron chi connectivity index (χ0n) is 15.4. The molecular weight excluding hydrogens is 384 g/mol. The van der Waals surface area contributed by atoms with Gasteiger partial charge < -0.3 is 15.4 Å². The molecule has 0 heterocycles. The highest BCUT2D eigenvalue weighted by atomic mass is 32.2. The van der Waals surface area contributed by atoms with Crippen molar-refractivity contribution in [3.05, 3.63) is 59.7 Å². The van der Waals surface area contributed by atoms with Gasteiger partial charge in [0, 0.05) is 11.9 Å². The van der Waals surface area contributed by atoms with E-state index in [0.717, 1.165) is 12.0 Å². The number of hydrogen-bond donors (Lipinski definition) is 2. The summed E-state index contributed by atoms with van der Waals surface area (Å²) < 4.78 is 27.9. The van der Waals surface area contributed by atoms with Gasteiger partial charge in [-0.2, -0.15) is 0 Å². The third kappa shape index (κ3) is 5.77. The molecule has 2 N–H and O–H groups in total. The number of esters is 1. The van der Waals surface area contributed by atoms with Gasteiger partial charge in [-0.1, -0.05) is 25.1 Å². The summed E-state index contributed by atoms with van der Waals surface area (Å²) in [7, 11) is -1.90. The van der Waals surface area contributed by atoms with E-state index in [0.29, 0.717) is 16.4 Å². The topological polar surface area (TPSA) is 84.5 Å². The SMILES string of the molecule is CC[C@@H](NC(=S)Nc1cccc(C(=O)OC)c1)c1ccc(S(C)(=O)=O)cc1. The van der Waals surface area contributed by atoms with Crippen LogP contribution in [0, 0.1) is 0 Å². The minimum atomic E-state index is -3.23. The van der Waals surface area contributed by atoms with Crippen LogP contribution in [0.25, 0.3) is 0 Å². The van der Waals surface area contributed by atoms with Crippen molar-refractivity contribution in [2.45, 2.75) is 24.3 Å². The number of benzene rings is 2. The first-order chi connectivity index (χ1) is 12.7. The highest BCUT2D eigenvalue weighted by molar-refractivity contribution is 7.90. The number of sulfone groups is 1. The maximum Gasteiger partial charge on any atom is 0.337 e. The normalized spacial score (nSPS) is 12.1. The fourth-order valence-electron chi connectivity index (χ4n) is 2.54. The van der Waals surface area contributed by atoms with E-state index in [2.05, 4.69) is 10.6 Å². The molecule has 1 atom stereocenters. The van der Waals surface area contributed by atoms with Gasteiger partial charge in [-0.05, 0) is 54.5 Å². The summed E-state index contributed by atoms with van der Waals surface area (Å²) in [4.78, 5) is 11.9. The van der Waals surface area contributed by atoms with E-state index in [-0.39, 0.29) is 10.9 Å². The molecule has 2 aromatic carbocycles. The molecule has 0 aliphatic heterocycles. The van der Waals surface area contributed by atoms with Gasteiger partial charge in [0.1, 0.15) is 0 Å². The lowest BCUT2D eigenvalue weighted by molar-refractivity contribution is 0.0601. The Bertz CT molecular complexity index is 925. The lowest BCUT2D eigenvalue weighted by atomic mass is 10.1. The molecule has 0 aromatic heterocycles. The molecular formula is C19H22N2O4S2. The largest absolute Gasteiger partial charge is 0.465 e. The van der Waals surface area contributed by atoms with E-state index in [9.17, 15) is 13.2 Å². The highest BCUT2D eigenvalue weighted by Crippen LogP contribution is 2.20. The number of carbonyl (C=O) groups excluding carboxylic acids is 1. The van der Waals surface area contributed by atoms with Crippen LogP contribution < -0.4 is 10.6 Å². The first kappa shape index (κ1) is 20.9. The molecule has 2 aromatic rings. The fourth-order valence-corrected chi connectivity index (χ4v) is 3.43. The summed E-state index contributed by atoms with van der Waals surface area (Å²) >= 11 is 5.37. The monoisotopic (exact) mass is 406 g/mol. The molecule has 6 nitrogen and oxygen atoms in total. The van der Waals surface area contributed by atoms with Crippen LogP contribution in [0.2, 0.25) is 0 Å². The Morgan fingerprint density at radius 1 is 1.19 bits per heavy atom. The average Bonchev–Trinajstić information content (AvgIpc) is 2.65. The summed E-state index contributed by atoms with van der Waals surface area (Å²) in [6.07, 6.45) is 1.93. The number of carbonyl (C=O) groups is 1. The quantitative estimate of drug-likeness (QED) is 0.562. The van der Waals surface area contributed by atoms with E-state index in [4.69, 9.17) is 17.0 Å². The molecule has 8 heteroatoms. The molecule has 0 spiro atoms. The van der Waals surface area contributed by atoms with Crippen LogP contribution in [0.15, 0.2) is 53.4 Å². The Morgan fingerprint density at radius 3 is 2.41 bits per heavy atom. The first-order valence-electron chi connectivity index (χ1n) is 8.30. The molecule has 0 unspecified atom stereocenters. The zero-order chi connectivity index (χ0) is 20.0. The number of thiocarbonyl (C=S) groups is 1. The van der Waals surface area contributed by atoms with Crippen molar-refractivity contribution < 1.29 is 17.9 Å². The molecule has 0 radical (unpaired) electrons. The second kappa shape index (κ2) is 8.96. The van der Waals surface area contributed by atoms with Crippen molar-refractivity contribution >= 4 is 38.8 Å². The minimum absolute atomic E-state index is 0.0811. The molecule has 0 bridgehead atoms. The number of nitrogens with one attached hydrogen (secondary N) is 2. The second-order valence-electron chi connectivity index (χ2n) is 5.97. The molecule has 0 saturated heterocycles. The van der Waals surface area contributed by atoms with Crippen LogP contribution in [0.5, 0.6) is 0 Å². The van der Waals surface area contributed by atoms with Crippen molar-refractivity contribution in [3.8, 4) is 0 Å². The molecule has 0 fully saturated rings. The predicted molar refractivity (Wildman–Crippen MR) is 110 cm³/mol. The standard InChI is InChI=1S/C19H22N2O4S2/c1-4-17(13-8-10-16(11-9-13)27(3,23)24)21-19(26)20-15-7-5-6-14(12-15)18(22)25-2/h5-12,17H,4H2,1-3H3,(H2,20,21,26)/t17-/m1/s1. The van der Waals surface area contributed by atoms with E-state index >= 15 is 0 Å². The van der Waals surface area contributed by atoms with E-state index in [1.807, 2.05) is 6.92 Å². The third-order valence-electron chi connectivity index (χ3n) is 3.97. The van der Waals surface area contributed by atoms with Crippen LogP contribution in [-0.2, 0) is 14.6 Å². The van der Waals surface area contributed by atoms with Crippen molar-refractivity contribution in [2.75, 3.05) is 18.7 Å². The van der Waals surface area contributed by atoms with Gasteiger partial charge in [-0.15, -0.1) is 0 Å². The summed E-state index contributed by atoms with van der Waals surface area (Å²) in [6.45, 7) is 2.00. The lowest BCUT2D eigenvalue weighted by Gasteiger charge is -2.20. The molecule has 27 heavy (non-hydrogen) atoms. The van der Waals surface area contributed by atoms with Crippen molar-refractivity contribution in [1.29, 1.82) is 0 Å². The van der Waals surface area contributed by atoms with Crippen LogP contribution >= 0.6 is 12.2 Å². The van der Waals surface area contributed by atoms with Crippen molar-refractivity contribution in [3.63, 3.8) is 0 Å². The molecule has 0 aliphatic rings. The van der Waals surface area contributed by atoms with Gasteiger partial charge in [-0.3, -0.25) is 0 Å². The predicted octanol–water partition coefficient (Wildman–Crippen LogP) is 3.31. The Morgan fingerprint density at radius 2 is 1.85 bits per heavy atom. The summed E-state index contributed by atoms with van der Waals surface area (Å²) in [6, 6.07) is 13.5. The van der Waals surface area contributed by atoms with Crippen LogP contribution in [-0.4, -0.2) is 32.9 Å². The van der Waals surface area contributed by atoms with Gasteiger partial charge in [0.05, 0.1) is 23.6 Å². The third-order valence-corrected chi connectivity index (χ3v) is 5.31. The number of hydrogen-bond acceptors (Lipinski definition) is 5. The molecule has 144 valence electrons. The van der Waals surface area contributed by atoms with Crippen LogP contribution in [0.4, 0.5) is 5.69 Å². The molecule has 0 aliphatic carbocycles. The van der Waals surface area contributed by atoms with Gasteiger partial charge >= 0.3 is 5.97 Å². The Balaban J connectivity index is 2.08. The number of anilines is 1. The Kier molecular flexibility index (Phi) is 6.92. The highest BCUT2D eigenvalue weighted by Gasteiger charge is 2.13. The van der Waals surface area contributed by atoms with Gasteiger partial charge in [0.15, 0.2) is 14.9 Å². The summed E-state index contributed by atoms with van der Waals surface area (Å²) in [5.41, 5.74) is 2.02. The zero-order valence-corrected chi connectivity index (χ0v) is 17.0. The number of methoxy groups -OCH3 is 1. The summed E-state index contributed by atoms with van der Waals surface area (Å²) in [5, 5.41) is 6.65. The van der Waals surface area contributed by atoms with E-state index < -0.39 is 15.8 Å². The second-order valence-corrected chi connectivity index (χ2v) is 8.40. The van der Waals surface area contributed by atoms with Crippen LogP contribution in [0.3, 0.4) is 0 Å². The maximum atomic E-state index is 11.6. The Labute approximate surface area is 164 Å². The van der Waals surface area contributed by atoms with E-state index in [1.165, 1.54) is 13.4 Å². The molecule has 2 rings (SSSR count). The van der Waals surface area contributed by atoms with Crippen molar-refractivity contribution in [1.82, 2.24) is 5.32 Å². The first-order valence-corrected chi connectivity index (χ1v) is 10.6. The molecule has 0 amide bonds. The van der Waals surface area contributed by atoms with Crippen molar-refractivity contribution in [2.24, 2.45) is 0 Å². The van der Waals surface area contributed by atoms with E-state index in [1.54, 1.807) is 48.5 Å². The minimum Gasteiger partial charge on any atom is -0.465 e. The average molecular weight is 407 g/mol. The van der Waals surface area contributed by atoms with Gasteiger partial charge in [-0.25, -0.2) is 13.2 Å². The number of ether oxygens (including phenoxy) is 1. The maximum absolute atomic E-state index is 11.6. The van der Waals surface area contributed by atoms with Gasteiger partial charge in [0.25, 0.3) is 0 Å². The molecule has 0 saturated carbocycles. The lowest BCUT2D eigenvalue weighted by Crippen LogP contribution is -2.32.